The normalized spacial score (nSPS) is 14.1. The summed E-state index contributed by atoms with van der Waals surface area (Å²) in [6.07, 6.45) is 4.70. The van der Waals surface area contributed by atoms with Gasteiger partial charge in [0, 0.05) is 18.7 Å². The standard InChI is InChI=1S/C22H26N2O3S/c25-21(23-22(28)24-14-6-1-2-7-15-24)18-10-12-20(13-11-18)27-17-16-26-19-8-4-3-5-9-19/h3-5,8-13H,1-2,6-7,14-17H2,(H,23,25,28). The summed E-state index contributed by atoms with van der Waals surface area (Å²) >= 11 is 5.40. The van der Waals surface area contributed by atoms with Crippen molar-refractivity contribution < 1.29 is 14.3 Å². The van der Waals surface area contributed by atoms with Crippen LogP contribution < -0.4 is 14.8 Å². The number of thiocarbonyl (C=S) groups is 1. The third-order valence-electron chi connectivity index (χ3n) is 4.59. The molecule has 2 aromatic rings. The summed E-state index contributed by atoms with van der Waals surface area (Å²) in [4.78, 5) is 14.5. The van der Waals surface area contributed by atoms with Crippen LogP contribution in [-0.4, -0.2) is 42.2 Å². The summed E-state index contributed by atoms with van der Waals surface area (Å²) in [6.45, 7) is 2.71. The predicted octanol–water partition coefficient (Wildman–Crippen LogP) is 4.04. The summed E-state index contributed by atoms with van der Waals surface area (Å²) in [5, 5.41) is 3.36. The lowest BCUT2D eigenvalue weighted by atomic mass is 10.2. The second-order valence-corrected chi connectivity index (χ2v) is 7.08. The second kappa shape index (κ2) is 10.7. The first-order valence-electron chi connectivity index (χ1n) is 9.73. The van der Waals surface area contributed by atoms with Gasteiger partial charge in [0.25, 0.3) is 5.91 Å². The quantitative estimate of drug-likeness (QED) is 0.588. The number of carbonyl (C=O) groups excluding carboxylic acids is 1. The molecule has 28 heavy (non-hydrogen) atoms. The van der Waals surface area contributed by atoms with Crippen LogP contribution in [0.4, 0.5) is 0 Å². The van der Waals surface area contributed by atoms with Gasteiger partial charge in [-0.1, -0.05) is 31.0 Å². The number of nitrogens with zero attached hydrogens (tertiary/aromatic N) is 1. The van der Waals surface area contributed by atoms with E-state index >= 15 is 0 Å². The Kier molecular flexibility index (Phi) is 7.67. The molecule has 1 N–H and O–H groups in total. The van der Waals surface area contributed by atoms with Crippen LogP contribution in [-0.2, 0) is 0 Å². The number of benzene rings is 2. The first-order valence-corrected chi connectivity index (χ1v) is 10.1. The molecule has 1 aliphatic heterocycles. The Morgan fingerprint density at radius 2 is 1.43 bits per heavy atom. The molecule has 0 saturated carbocycles. The topological polar surface area (TPSA) is 50.8 Å². The summed E-state index contributed by atoms with van der Waals surface area (Å²) in [6, 6.07) is 16.7. The van der Waals surface area contributed by atoms with Gasteiger partial charge in [-0.05, 0) is 61.5 Å². The number of ether oxygens (including phenoxy) is 2. The van der Waals surface area contributed by atoms with E-state index in [9.17, 15) is 4.79 Å². The van der Waals surface area contributed by atoms with E-state index in [1.54, 1.807) is 24.3 Å². The van der Waals surface area contributed by atoms with Crippen molar-refractivity contribution in [1.29, 1.82) is 0 Å². The molecule has 148 valence electrons. The fourth-order valence-electron chi connectivity index (χ4n) is 3.06. The highest BCUT2D eigenvalue weighted by atomic mass is 32.1. The third kappa shape index (κ3) is 6.23. The highest BCUT2D eigenvalue weighted by Crippen LogP contribution is 2.14. The first-order chi connectivity index (χ1) is 13.7. The van der Waals surface area contributed by atoms with Gasteiger partial charge < -0.3 is 14.4 Å². The molecule has 3 rings (SSSR count). The molecule has 2 aromatic carbocycles. The van der Waals surface area contributed by atoms with E-state index in [0.29, 0.717) is 29.6 Å². The van der Waals surface area contributed by atoms with Gasteiger partial charge in [-0.3, -0.25) is 10.1 Å². The van der Waals surface area contributed by atoms with Gasteiger partial charge in [0.1, 0.15) is 24.7 Å². The van der Waals surface area contributed by atoms with Crippen molar-refractivity contribution in [2.75, 3.05) is 26.3 Å². The van der Waals surface area contributed by atoms with Crippen LogP contribution in [0.2, 0.25) is 0 Å². The van der Waals surface area contributed by atoms with Gasteiger partial charge in [-0.2, -0.15) is 0 Å². The lowest BCUT2D eigenvalue weighted by Crippen LogP contribution is -2.43. The molecule has 0 bridgehead atoms. The molecule has 1 fully saturated rings. The average molecular weight is 399 g/mol. The van der Waals surface area contributed by atoms with Crippen molar-refractivity contribution in [2.24, 2.45) is 0 Å². The van der Waals surface area contributed by atoms with E-state index < -0.39 is 0 Å². The molecular weight excluding hydrogens is 372 g/mol. The number of amides is 1. The molecule has 0 unspecified atom stereocenters. The van der Waals surface area contributed by atoms with E-state index in [0.717, 1.165) is 31.7 Å². The van der Waals surface area contributed by atoms with Crippen LogP contribution in [0.1, 0.15) is 36.0 Å². The molecule has 0 aromatic heterocycles. The van der Waals surface area contributed by atoms with Crippen LogP contribution in [0.25, 0.3) is 0 Å². The molecule has 0 radical (unpaired) electrons. The maximum absolute atomic E-state index is 12.4. The lowest BCUT2D eigenvalue weighted by molar-refractivity contribution is 0.0973. The smallest absolute Gasteiger partial charge is 0.257 e. The number of rotatable bonds is 6. The Bertz CT molecular complexity index is 757. The highest BCUT2D eigenvalue weighted by Gasteiger charge is 2.15. The maximum Gasteiger partial charge on any atom is 0.257 e. The predicted molar refractivity (Wildman–Crippen MR) is 114 cm³/mol. The number of likely N-dealkylation sites (tertiary alicyclic amines) is 1. The fraction of sp³-hybridized carbons (Fsp3) is 0.364. The summed E-state index contributed by atoms with van der Waals surface area (Å²) < 4.78 is 11.3. The van der Waals surface area contributed by atoms with Crippen LogP contribution >= 0.6 is 12.2 Å². The average Bonchev–Trinajstić information content (AvgIpc) is 3.02. The Morgan fingerprint density at radius 1 is 0.857 bits per heavy atom. The van der Waals surface area contributed by atoms with E-state index in [1.165, 1.54) is 12.8 Å². The zero-order chi connectivity index (χ0) is 19.6. The van der Waals surface area contributed by atoms with Crippen molar-refractivity contribution in [3.05, 3.63) is 60.2 Å². The van der Waals surface area contributed by atoms with Gasteiger partial charge in [0.2, 0.25) is 0 Å². The van der Waals surface area contributed by atoms with Crippen molar-refractivity contribution in [3.8, 4) is 11.5 Å². The van der Waals surface area contributed by atoms with Gasteiger partial charge in [0.05, 0.1) is 0 Å². The molecule has 0 atom stereocenters. The summed E-state index contributed by atoms with van der Waals surface area (Å²) in [5.74, 6) is 1.33. The minimum absolute atomic E-state index is 0.187. The molecule has 1 saturated heterocycles. The van der Waals surface area contributed by atoms with Crippen molar-refractivity contribution in [2.45, 2.75) is 25.7 Å². The Morgan fingerprint density at radius 3 is 2.04 bits per heavy atom. The Hall–Kier alpha value is -2.60. The zero-order valence-corrected chi connectivity index (χ0v) is 16.7. The molecule has 1 aliphatic rings. The number of hydrogen-bond acceptors (Lipinski definition) is 4. The van der Waals surface area contributed by atoms with Crippen LogP contribution in [0.5, 0.6) is 11.5 Å². The minimum atomic E-state index is -0.187. The van der Waals surface area contributed by atoms with Crippen LogP contribution in [0.15, 0.2) is 54.6 Å². The summed E-state index contributed by atoms with van der Waals surface area (Å²) in [5.41, 5.74) is 0.560. The molecule has 0 aliphatic carbocycles. The Balaban J connectivity index is 1.42. The fourth-order valence-corrected chi connectivity index (χ4v) is 3.34. The van der Waals surface area contributed by atoms with E-state index in [4.69, 9.17) is 21.7 Å². The van der Waals surface area contributed by atoms with Crippen molar-refractivity contribution in [1.82, 2.24) is 10.2 Å². The van der Waals surface area contributed by atoms with Crippen LogP contribution in [0.3, 0.4) is 0 Å². The van der Waals surface area contributed by atoms with Gasteiger partial charge >= 0.3 is 0 Å². The van der Waals surface area contributed by atoms with Crippen molar-refractivity contribution in [3.63, 3.8) is 0 Å². The maximum atomic E-state index is 12.4. The lowest BCUT2D eigenvalue weighted by Gasteiger charge is -2.23. The van der Waals surface area contributed by atoms with Crippen LogP contribution in [0, 0.1) is 0 Å². The van der Waals surface area contributed by atoms with Gasteiger partial charge in [0.15, 0.2) is 5.11 Å². The highest BCUT2D eigenvalue weighted by molar-refractivity contribution is 7.80. The first kappa shape index (κ1) is 20.1. The molecule has 1 heterocycles. The third-order valence-corrected chi connectivity index (χ3v) is 4.95. The molecule has 6 heteroatoms. The number of nitrogens with one attached hydrogen (secondary N) is 1. The minimum Gasteiger partial charge on any atom is -0.490 e. The monoisotopic (exact) mass is 398 g/mol. The largest absolute Gasteiger partial charge is 0.490 e. The van der Waals surface area contributed by atoms with Crippen molar-refractivity contribution >= 4 is 23.2 Å². The van der Waals surface area contributed by atoms with Gasteiger partial charge in [-0.15, -0.1) is 0 Å². The number of hydrogen-bond donors (Lipinski definition) is 1. The van der Waals surface area contributed by atoms with Gasteiger partial charge in [-0.25, -0.2) is 0 Å². The SMILES string of the molecule is O=C(NC(=S)N1CCCCCC1)c1ccc(OCCOc2ccccc2)cc1. The molecule has 5 nitrogen and oxygen atoms in total. The summed E-state index contributed by atoms with van der Waals surface area (Å²) in [7, 11) is 0. The number of carbonyl (C=O) groups is 1. The molecule has 1 amide bonds. The molecule has 0 spiro atoms. The molecular formula is C22H26N2O3S. The zero-order valence-electron chi connectivity index (χ0n) is 15.9. The second-order valence-electron chi connectivity index (χ2n) is 6.69. The van der Waals surface area contributed by atoms with E-state index in [2.05, 4.69) is 10.2 Å². The van der Waals surface area contributed by atoms with E-state index in [1.807, 2.05) is 30.3 Å². The van der Waals surface area contributed by atoms with E-state index in [-0.39, 0.29) is 5.91 Å². The Labute approximate surface area is 171 Å². The number of para-hydroxylation sites is 1.